The first-order valence-corrected chi connectivity index (χ1v) is 8.23. The van der Waals surface area contributed by atoms with Crippen LogP contribution in [0, 0.1) is 5.82 Å². The number of carbonyl (C=O) groups excluding carboxylic acids is 1. The number of aromatic amines is 1. The van der Waals surface area contributed by atoms with Crippen LogP contribution in [0.1, 0.15) is 16.8 Å². The fourth-order valence-electron chi connectivity index (χ4n) is 2.33. The van der Waals surface area contributed by atoms with Gasteiger partial charge in [-0.15, -0.1) is 0 Å². The normalized spacial score (nSPS) is 11.1. The summed E-state index contributed by atoms with van der Waals surface area (Å²) in [5.41, 5.74) is 1.35. The molecule has 3 rings (SSSR count). The molecule has 6 heteroatoms. The Morgan fingerprint density at radius 2 is 2.32 bits per heavy atom. The lowest BCUT2D eigenvalue weighted by atomic mass is 10.1. The highest BCUT2D eigenvalue weighted by atomic mass is 32.2. The summed E-state index contributed by atoms with van der Waals surface area (Å²) in [5, 5.41) is 0.656. The van der Waals surface area contributed by atoms with Gasteiger partial charge in [0.2, 0.25) is 0 Å². The van der Waals surface area contributed by atoms with E-state index in [2.05, 4.69) is 9.97 Å². The van der Waals surface area contributed by atoms with E-state index < -0.39 is 0 Å². The largest absolute Gasteiger partial charge is 0.360 e. The Morgan fingerprint density at radius 3 is 3.14 bits per heavy atom. The van der Waals surface area contributed by atoms with Crippen LogP contribution in [0.5, 0.6) is 0 Å². The Kier molecular flexibility index (Phi) is 4.58. The minimum atomic E-state index is -0.325. The van der Waals surface area contributed by atoms with Crippen molar-refractivity contribution in [3.8, 4) is 0 Å². The van der Waals surface area contributed by atoms with Gasteiger partial charge in [0, 0.05) is 41.6 Å². The van der Waals surface area contributed by atoms with Gasteiger partial charge in [-0.25, -0.2) is 9.37 Å². The van der Waals surface area contributed by atoms with E-state index in [1.54, 1.807) is 36.5 Å². The highest BCUT2D eigenvalue weighted by Gasteiger charge is 2.12. The molecule has 0 aliphatic rings. The first-order chi connectivity index (χ1) is 10.7. The number of hydrogen-bond donors (Lipinski definition) is 1. The number of Topliss-reactive ketones (excluding diaryl/α,β-unsaturated/α-hetero) is 1. The number of hydrogen-bond acceptors (Lipinski definition) is 3. The van der Waals surface area contributed by atoms with Crippen molar-refractivity contribution in [2.45, 2.75) is 13.0 Å². The molecule has 3 aromatic rings. The SMILES string of the molecule is O=C(CSCCCn1ccnc1)c1c[nH]c2ccc(F)cc12. The molecule has 1 N–H and O–H groups in total. The van der Waals surface area contributed by atoms with Crippen LogP contribution in [0.15, 0.2) is 43.1 Å². The molecule has 0 aliphatic heterocycles. The second-order valence-corrected chi connectivity index (χ2v) is 6.13. The fourth-order valence-corrected chi connectivity index (χ4v) is 3.15. The van der Waals surface area contributed by atoms with Crippen molar-refractivity contribution in [3.63, 3.8) is 0 Å². The topological polar surface area (TPSA) is 50.7 Å². The Bertz CT molecular complexity index is 767. The molecule has 1 aromatic carbocycles. The van der Waals surface area contributed by atoms with Gasteiger partial charge >= 0.3 is 0 Å². The standard InChI is InChI=1S/C16H16FN3OS/c17-12-2-3-15-13(8-12)14(9-19-15)16(21)10-22-7-1-5-20-6-4-18-11-20/h2-4,6,8-9,11,19H,1,5,7,10H2. The number of imidazole rings is 1. The number of fused-ring (bicyclic) bond motifs is 1. The number of thioether (sulfide) groups is 1. The van der Waals surface area contributed by atoms with Gasteiger partial charge in [0.05, 0.1) is 12.1 Å². The number of rotatable bonds is 7. The quantitative estimate of drug-likeness (QED) is 0.536. The first kappa shape index (κ1) is 14.8. The molecule has 4 nitrogen and oxygen atoms in total. The molecule has 0 fully saturated rings. The van der Waals surface area contributed by atoms with E-state index in [1.807, 2.05) is 10.8 Å². The van der Waals surface area contributed by atoms with Crippen molar-refractivity contribution in [2.75, 3.05) is 11.5 Å². The molecule has 2 aromatic heterocycles. The van der Waals surface area contributed by atoms with Crippen LogP contribution in [0.4, 0.5) is 4.39 Å². The maximum Gasteiger partial charge on any atom is 0.174 e. The monoisotopic (exact) mass is 317 g/mol. The van der Waals surface area contributed by atoms with E-state index in [0.29, 0.717) is 16.7 Å². The Balaban J connectivity index is 1.52. The van der Waals surface area contributed by atoms with Gasteiger partial charge in [0.25, 0.3) is 0 Å². The summed E-state index contributed by atoms with van der Waals surface area (Å²) in [6, 6.07) is 4.44. The highest BCUT2D eigenvalue weighted by Crippen LogP contribution is 2.21. The molecule has 2 heterocycles. The summed E-state index contributed by atoms with van der Waals surface area (Å²) in [6.07, 6.45) is 8.12. The average Bonchev–Trinajstić information content (AvgIpc) is 3.15. The van der Waals surface area contributed by atoms with Gasteiger partial charge in [0.1, 0.15) is 5.82 Å². The van der Waals surface area contributed by atoms with Gasteiger partial charge in [-0.2, -0.15) is 11.8 Å². The van der Waals surface area contributed by atoms with E-state index in [9.17, 15) is 9.18 Å². The number of nitrogens with zero attached hydrogens (tertiary/aromatic N) is 2. The van der Waals surface area contributed by atoms with E-state index in [0.717, 1.165) is 24.2 Å². The first-order valence-electron chi connectivity index (χ1n) is 7.07. The number of aryl methyl sites for hydroxylation is 1. The summed E-state index contributed by atoms with van der Waals surface area (Å²) in [5.74, 6) is 1.02. The summed E-state index contributed by atoms with van der Waals surface area (Å²) < 4.78 is 15.3. The smallest absolute Gasteiger partial charge is 0.174 e. The van der Waals surface area contributed by atoms with Crippen LogP contribution in [0.3, 0.4) is 0 Å². The zero-order valence-electron chi connectivity index (χ0n) is 12.0. The van der Waals surface area contributed by atoms with Gasteiger partial charge in [-0.1, -0.05) is 0 Å². The van der Waals surface area contributed by atoms with Crippen LogP contribution in [-0.4, -0.2) is 31.8 Å². The lowest BCUT2D eigenvalue weighted by molar-refractivity contribution is 0.102. The van der Waals surface area contributed by atoms with Gasteiger partial charge < -0.3 is 9.55 Å². The van der Waals surface area contributed by atoms with Crippen molar-refractivity contribution in [1.82, 2.24) is 14.5 Å². The van der Waals surface area contributed by atoms with Crippen molar-refractivity contribution >= 4 is 28.4 Å². The van der Waals surface area contributed by atoms with Crippen molar-refractivity contribution in [2.24, 2.45) is 0 Å². The zero-order valence-corrected chi connectivity index (χ0v) is 12.8. The van der Waals surface area contributed by atoms with Gasteiger partial charge in [0.15, 0.2) is 5.78 Å². The van der Waals surface area contributed by atoms with Crippen LogP contribution in [-0.2, 0) is 6.54 Å². The summed E-state index contributed by atoms with van der Waals surface area (Å²) in [6.45, 7) is 0.902. The molecule has 22 heavy (non-hydrogen) atoms. The molecule has 0 atom stereocenters. The third-order valence-corrected chi connectivity index (χ3v) is 4.49. The summed E-state index contributed by atoms with van der Waals surface area (Å²) in [4.78, 5) is 19.2. The van der Waals surface area contributed by atoms with Gasteiger partial charge in [-0.3, -0.25) is 4.79 Å². The zero-order chi connectivity index (χ0) is 15.4. The van der Waals surface area contributed by atoms with E-state index in [4.69, 9.17) is 0 Å². The Labute approximate surface area is 131 Å². The molecule has 0 aliphatic carbocycles. The average molecular weight is 317 g/mol. The van der Waals surface area contributed by atoms with Gasteiger partial charge in [-0.05, 0) is 30.4 Å². The number of nitrogens with one attached hydrogen (secondary N) is 1. The molecule has 0 spiro atoms. The summed E-state index contributed by atoms with van der Waals surface area (Å²) in [7, 11) is 0. The van der Waals surface area contributed by atoms with Crippen molar-refractivity contribution in [1.29, 1.82) is 0 Å². The molecule has 0 bridgehead atoms. The van der Waals surface area contributed by atoms with E-state index in [-0.39, 0.29) is 11.6 Å². The third-order valence-electron chi connectivity index (χ3n) is 3.44. The lowest BCUT2D eigenvalue weighted by Crippen LogP contribution is -2.03. The minimum Gasteiger partial charge on any atom is -0.360 e. The Morgan fingerprint density at radius 1 is 1.41 bits per heavy atom. The summed E-state index contributed by atoms with van der Waals surface area (Å²) >= 11 is 1.60. The van der Waals surface area contributed by atoms with Crippen molar-refractivity contribution in [3.05, 3.63) is 54.5 Å². The molecular weight excluding hydrogens is 301 g/mol. The van der Waals surface area contributed by atoms with Crippen LogP contribution in [0.2, 0.25) is 0 Å². The second kappa shape index (κ2) is 6.79. The molecule has 0 unspecified atom stereocenters. The van der Waals surface area contributed by atoms with E-state index in [1.165, 1.54) is 12.1 Å². The van der Waals surface area contributed by atoms with Crippen molar-refractivity contribution < 1.29 is 9.18 Å². The minimum absolute atomic E-state index is 0.0319. The number of carbonyl (C=O) groups is 1. The molecule has 0 saturated heterocycles. The predicted molar refractivity (Wildman–Crippen MR) is 86.8 cm³/mol. The van der Waals surface area contributed by atoms with E-state index >= 15 is 0 Å². The molecule has 0 radical (unpaired) electrons. The second-order valence-electron chi connectivity index (χ2n) is 5.02. The highest BCUT2D eigenvalue weighted by molar-refractivity contribution is 7.99. The number of halogens is 1. The lowest BCUT2D eigenvalue weighted by Gasteiger charge is -2.02. The molecule has 114 valence electrons. The third kappa shape index (κ3) is 3.39. The van der Waals surface area contributed by atoms with Crippen LogP contribution in [0.25, 0.3) is 10.9 Å². The fraction of sp³-hybridized carbons (Fsp3) is 0.250. The van der Waals surface area contributed by atoms with Crippen LogP contribution >= 0.6 is 11.8 Å². The molecular formula is C16H16FN3OS. The maximum absolute atomic E-state index is 13.3. The van der Waals surface area contributed by atoms with Crippen LogP contribution < -0.4 is 0 Å². The maximum atomic E-state index is 13.3. The Hall–Kier alpha value is -2.08. The number of ketones is 1. The predicted octanol–water partition coefficient (Wildman–Crippen LogP) is 3.51. The molecule has 0 saturated carbocycles. The number of benzene rings is 1. The number of H-pyrrole nitrogens is 1. The molecule has 0 amide bonds. The number of aromatic nitrogens is 3.